The molecule has 2 aromatic rings. The number of amides is 3. The van der Waals surface area contributed by atoms with Gasteiger partial charge in [-0.25, -0.2) is 4.98 Å². The largest absolute Gasteiger partial charge is 0.351 e. The van der Waals surface area contributed by atoms with Gasteiger partial charge in [0.25, 0.3) is 17.7 Å². The molecule has 23 heavy (non-hydrogen) atoms. The number of nitrogens with one attached hydrogen (secondary N) is 1. The highest BCUT2D eigenvalue weighted by Gasteiger charge is 2.34. The lowest BCUT2D eigenvalue weighted by molar-refractivity contribution is 0.0653. The molecule has 0 atom stereocenters. The quantitative estimate of drug-likeness (QED) is 0.654. The summed E-state index contributed by atoms with van der Waals surface area (Å²) in [5.74, 6) is -0.905. The molecular weight excluding hydrogens is 296 g/mol. The maximum atomic E-state index is 12.2. The number of hydrogen-bond acceptors (Lipinski definition) is 5. The number of imide groups is 1. The molecule has 1 aliphatic heterocycles. The lowest BCUT2D eigenvalue weighted by atomic mass is 10.1. The van der Waals surface area contributed by atoms with Crippen molar-refractivity contribution in [3.8, 4) is 0 Å². The first-order valence-electron chi connectivity index (χ1n) is 7.18. The van der Waals surface area contributed by atoms with Gasteiger partial charge >= 0.3 is 0 Å². The van der Waals surface area contributed by atoms with Gasteiger partial charge in [-0.3, -0.25) is 24.3 Å². The van der Waals surface area contributed by atoms with Crippen LogP contribution in [0.25, 0.3) is 0 Å². The highest BCUT2D eigenvalue weighted by molar-refractivity contribution is 6.21. The third-order valence-corrected chi connectivity index (χ3v) is 3.52. The van der Waals surface area contributed by atoms with Crippen molar-refractivity contribution in [3.05, 3.63) is 59.7 Å². The van der Waals surface area contributed by atoms with Gasteiger partial charge in [0.1, 0.15) is 5.69 Å². The van der Waals surface area contributed by atoms with Crippen LogP contribution in [0.3, 0.4) is 0 Å². The molecule has 0 saturated carbocycles. The average molecular weight is 310 g/mol. The minimum atomic E-state index is -0.333. The molecule has 3 rings (SSSR count). The summed E-state index contributed by atoms with van der Waals surface area (Å²) >= 11 is 0. The van der Waals surface area contributed by atoms with Crippen LogP contribution in [0.15, 0.2) is 42.9 Å². The number of aromatic nitrogens is 2. The number of carbonyl (C=O) groups excluding carboxylic acids is 3. The molecule has 1 aromatic heterocycles. The highest BCUT2D eigenvalue weighted by atomic mass is 16.2. The minimum Gasteiger partial charge on any atom is -0.351 e. The van der Waals surface area contributed by atoms with Crippen LogP contribution in [0.4, 0.5) is 0 Å². The van der Waals surface area contributed by atoms with E-state index in [0.717, 1.165) is 0 Å². The summed E-state index contributed by atoms with van der Waals surface area (Å²) in [4.78, 5) is 45.0. The number of fused-ring (bicyclic) bond motifs is 1. The molecule has 0 saturated heterocycles. The summed E-state index contributed by atoms with van der Waals surface area (Å²) in [5, 5.41) is 2.68. The summed E-state index contributed by atoms with van der Waals surface area (Å²) in [5.41, 5.74) is 1.09. The predicted molar refractivity (Wildman–Crippen MR) is 80.8 cm³/mol. The minimum absolute atomic E-state index is 0.230. The van der Waals surface area contributed by atoms with E-state index in [0.29, 0.717) is 24.1 Å². The molecule has 0 unspecified atom stereocenters. The smallest absolute Gasteiger partial charge is 0.271 e. The number of benzene rings is 1. The number of hydrogen-bond donors (Lipinski definition) is 1. The first-order valence-corrected chi connectivity index (χ1v) is 7.18. The highest BCUT2D eigenvalue weighted by Crippen LogP contribution is 2.22. The van der Waals surface area contributed by atoms with Gasteiger partial charge in [-0.05, 0) is 18.6 Å². The predicted octanol–water partition coefficient (Wildman–Crippen LogP) is 0.893. The molecule has 0 radical (unpaired) electrons. The van der Waals surface area contributed by atoms with Crippen LogP contribution < -0.4 is 5.32 Å². The number of carbonyl (C=O) groups is 3. The van der Waals surface area contributed by atoms with Crippen LogP contribution in [-0.2, 0) is 0 Å². The van der Waals surface area contributed by atoms with Crippen molar-refractivity contribution in [2.45, 2.75) is 6.42 Å². The van der Waals surface area contributed by atoms with E-state index in [1.807, 2.05) is 0 Å². The molecule has 0 aliphatic carbocycles. The third kappa shape index (κ3) is 2.94. The van der Waals surface area contributed by atoms with Gasteiger partial charge < -0.3 is 5.32 Å². The fraction of sp³-hybridized carbons (Fsp3) is 0.188. The van der Waals surface area contributed by atoms with E-state index in [1.165, 1.54) is 23.5 Å². The molecule has 7 heteroatoms. The zero-order valence-electron chi connectivity index (χ0n) is 12.2. The van der Waals surface area contributed by atoms with Crippen LogP contribution >= 0.6 is 0 Å². The lowest BCUT2D eigenvalue weighted by Gasteiger charge is -2.13. The van der Waals surface area contributed by atoms with E-state index in [4.69, 9.17) is 0 Å². The van der Waals surface area contributed by atoms with Crippen molar-refractivity contribution in [1.29, 1.82) is 0 Å². The Labute approximate surface area is 132 Å². The van der Waals surface area contributed by atoms with Crippen LogP contribution in [0.5, 0.6) is 0 Å². The molecule has 2 heterocycles. The van der Waals surface area contributed by atoms with Gasteiger partial charge in [-0.1, -0.05) is 12.1 Å². The molecule has 3 amide bonds. The van der Waals surface area contributed by atoms with Crippen molar-refractivity contribution in [1.82, 2.24) is 20.2 Å². The molecule has 1 aliphatic rings. The maximum absolute atomic E-state index is 12.2. The second kappa shape index (κ2) is 6.35. The van der Waals surface area contributed by atoms with Gasteiger partial charge in [0.2, 0.25) is 0 Å². The van der Waals surface area contributed by atoms with Crippen molar-refractivity contribution < 1.29 is 14.4 Å². The monoisotopic (exact) mass is 310 g/mol. The SMILES string of the molecule is O=C(NCCCN1C(=O)c2ccccc2C1=O)c1cnccn1. The number of rotatable bonds is 5. The summed E-state index contributed by atoms with van der Waals surface area (Å²) in [6.45, 7) is 0.593. The van der Waals surface area contributed by atoms with E-state index in [2.05, 4.69) is 15.3 Å². The molecule has 116 valence electrons. The Morgan fingerprint density at radius 3 is 2.39 bits per heavy atom. The van der Waals surface area contributed by atoms with Gasteiger partial charge in [0.05, 0.1) is 17.3 Å². The molecule has 7 nitrogen and oxygen atoms in total. The fourth-order valence-electron chi connectivity index (χ4n) is 2.39. The average Bonchev–Trinajstić information content (AvgIpc) is 2.84. The molecule has 1 N–H and O–H groups in total. The Hall–Kier alpha value is -3.09. The summed E-state index contributed by atoms with van der Waals surface area (Å²) in [6.07, 6.45) is 4.77. The molecule has 1 aromatic carbocycles. The summed E-state index contributed by atoms with van der Waals surface area (Å²) in [7, 11) is 0. The first-order chi connectivity index (χ1) is 11.2. The van der Waals surface area contributed by atoms with E-state index < -0.39 is 0 Å². The molecule has 0 fully saturated rings. The van der Waals surface area contributed by atoms with Crippen molar-refractivity contribution >= 4 is 17.7 Å². The Kier molecular flexibility index (Phi) is 4.09. The molecule has 0 bridgehead atoms. The lowest BCUT2D eigenvalue weighted by Crippen LogP contribution is -2.33. The van der Waals surface area contributed by atoms with Gasteiger partial charge in [-0.2, -0.15) is 0 Å². The molecular formula is C16H14N4O3. The second-order valence-corrected chi connectivity index (χ2v) is 5.01. The second-order valence-electron chi connectivity index (χ2n) is 5.01. The summed E-state index contributed by atoms with van der Waals surface area (Å²) < 4.78 is 0. The normalized spacial score (nSPS) is 13.1. The van der Waals surface area contributed by atoms with Crippen LogP contribution in [0.1, 0.15) is 37.6 Å². The van der Waals surface area contributed by atoms with E-state index in [1.54, 1.807) is 24.3 Å². The Bertz CT molecular complexity index is 726. The fourth-order valence-corrected chi connectivity index (χ4v) is 2.39. The Morgan fingerprint density at radius 1 is 1.09 bits per heavy atom. The first kappa shape index (κ1) is 14.8. The van der Waals surface area contributed by atoms with Gasteiger partial charge in [0, 0.05) is 25.5 Å². The van der Waals surface area contributed by atoms with Crippen LogP contribution in [-0.4, -0.2) is 45.7 Å². The van der Waals surface area contributed by atoms with Crippen LogP contribution in [0, 0.1) is 0 Å². The zero-order chi connectivity index (χ0) is 16.2. The van der Waals surface area contributed by atoms with Gasteiger partial charge in [0.15, 0.2) is 0 Å². The van der Waals surface area contributed by atoms with Crippen molar-refractivity contribution in [3.63, 3.8) is 0 Å². The zero-order valence-corrected chi connectivity index (χ0v) is 12.2. The summed E-state index contributed by atoms with van der Waals surface area (Å²) in [6, 6.07) is 6.75. The topological polar surface area (TPSA) is 92.3 Å². The van der Waals surface area contributed by atoms with Crippen molar-refractivity contribution in [2.24, 2.45) is 0 Å². The Balaban J connectivity index is 1.52. The van der Waals surface area contributed by atoms with Crippen LogP contribution in [0.2, 0.25) is 0 Å². The Morgan fingerprint density at radius 2 is 1.78 bits per heavy atom. The third-order valence-electron chi connectivity index (χ3n) is 3.52. The molecule has 0 spiro atoms. The van der Waals surface area contributed by atoms with Gasteiger partial charge in [-0.15, -0.1) is 0 Å². The van der Waals surface area contributed by atoms with Crippen molar-refractivity contribution in [2.75, 3.05) is 13.1 Å². The standard InChI is InChI=1S/C16H14N4O3/c21-14(13-10-17-7-8-18-13)19-6-3-9-20-15(22)11-4-1-2-5-12(11)16(20)23/h1-2,4-5,7-8,10H,3,6,9H2,(H,19,21). The van der Waals surface area contributed by atoms with E-state index in [9.17, 15) is 14.4 Å². The maximum Gasteiger partial charge on any atom is 0.271 e. The van der Waals surface area contributed by atoms with E-state index in [-0.39, 0.29) is 30.0 Å². The number of nitrogens with zero attached hydrogens (tertiary/aromatic N) is 3. The van der Waals surface area contributed by atoms with E-state index >= 15 is 0 Å².